The molecule has 0 saturated carbocycles. The topological polar surface area (TPSA) is 117 Å². The Bertz CT molecular complexity index is 818. The van der Waals surface area contributed by atoms with Gasteiger partial charge in [0.25, 0.3) is 5.91 Å². The number of nitrogens with two attached hydrogens (primary N) is 1. The number of amides is 1. The van der Waals surface area contributed by atoms with Crippen LogP contribution in [-0.4, -0.2) is 47.8 Å². The van der Waals surface area contributed by atoms with Gasteiger partial charge in [0.1, 0.15) is 0 Å². The molecule has 2 aromatic rings. The minimum absolute atomic E-state index is 0.287. The van der Waals surface area contributed by atoms with Crippen LogP contribution in [0.3, 0.4) is 0 Å². The van der Waals surface area contributed by atoms with Gasteiger partial charge in [-0.15, -0.1) is 0 Å². The first-order valence-corrected chi connectivity index (χ1v) is 7.78. The lowest BCUT2D eigenvalue weighted by molar-refractivity contribution is -0.119. The molecule has 2 rings (SSSR count). The quantitative estimate of drug-likeness (QED) is 0.537. The molecule has 1 aromatic heterocycles. The van der Waals surface area contributed by atoms with Crippen molar-refractivity contribution in [3.63, 3.8) is 0 Å². The van der Waals surface area contributed by atoms with Crippen molar-refractivity contribution in [1.82, 2.24) is 14.9 Å². The van der Waals surface area contributed by atoms with E-state index in [1.807, 2.05) is 6.92 Å². The zero-order chi connectivity index (χ0) is 18.4. The van der Waals surface area contributed by atoms with Crippen LogP contribution in [-0.2, 0) is 11.2 Å². The number of aromatic nitrogens is 3. The number of aromatic amines is 1. The normalized spacial score (nSPS) is 10.8. The molecule has 1 aromatic carbocycles. The minimum Gasteiger partial charge on any atom is -0.493 e. The Morgan fingerprint density at radius 2 is 2.04 bits per heavy atom. The summed E-state index contributed by atoms with van der Waals surface area (Å²) in [5.74, 6) is 1.16. The van der Waals surface area contributed by atoms with Crippen LogP contribution in [0, 0.1) is 4.77 Å². The molecule has 0 fully saturated rings. The maximum absolute atomic E-state index is 10.9. The molecule has 0 spiro atoms. The summed E-state index contributed by atoms with van der Waals surface area (Å²) in [5.41, 5.74) is 5.79. The lowest BCUT2D eigenvalue weighted by Crippen LogP contribution is -2.20. The van der Waals surface area contributed by atoms with E-state index >= 15 is 0 Å². The molecule has 0 atom stereocenters. The molecule has 0 aliphatic rings. The van der Waals surface area contributed by atoms with Crippen LogP contribution in [0.4, 0.5) is 0 Å². The molecule has 3 N–H and O–H groups in total. The second-order valence-corrected chi connectivity index (χ2v) is 5.25. The SMILES string of the molecule is CCc1n[nH]c(=S)n1/N=C\c1cc(OC)c(OCC(N)=O)c(OC)c1. The molecule has 10 heteroatoms. The highest BCUT2D eigenvalue weighted by atomic mass is 32.1. The predicted octanol–water partition coefficient (Wildman–Crippen LogP) is 1.27. The van der Waals surface area contributed by atoms with Crippen molar-refractivity contribution >= 4 is 24.3 Å². The van der Waals surface area contributed by atoms with Crippen molar-refractivity contribution in [2.45, 2.75) is 13.3 Å². The molecule has 1 heterocycles. The third kappa shape index (κ3) is 4.35. The van der Waals surface area contributed by atoms with E-state index in [4.69, 9.17) is 32.2 Å². The van der Waals surface area contributed by atoms with E-state index in [-0.39, 0.29) is 12.4 Å². The number of aryl methyl sites for hydroxylation is 1. The zero-order valence-electron chi connectivity index (χ0n) is 14.1. The van der Waals surface area contributed by atoms with Gasteiger partial charge in [0.05, 0.1) is 20.4 Å². The molecule has 9 nitrogen and oxygen atoms in total. The molecule has 1 amide bonds. The van der Waals surface area contributed by atoms with Gasteiger partial charge in [0, 0.05) is 12.0 Å². The number of ether oxygens (including phenoxy) is 3. The van der Waals surface area contributed by atoms with Crippen LogP contribution in [0.2, 0.25) is 0 Å². The molecule has 0 radical (unpaired) electrons. The van der Waals surface area contributed by atoms with Gasteiger partial charge in [0.15, 0.2) is 23.9 Å². The van der Waals surface area contributed by atoms with Gasteiger partial charge in [-0.2, -0.15) is 14.9 Å². The van der Waals surface area contributed by atoms with E-state index < -0.39 is 5.91 Å². The maximum Gasteiger partial charge on any atom is 0.255 e. The van der Waals surface area contributed by atoms with Crippen molar-refractivity contribution < 1.29 is 19.0 Å². The summed E-state index contributed by atoms with van der Waals surface area (Å²) in [5, 5.41) is 11.1. The van der Waals surface area contributed by atoms with Crippen LogP contribution in [0.15, 0.2) is 17.2 Å². The van der Waals surface area contributed by atoms with E-state index in [0.717, 1.165) is 0 Å². The van der Waals surface area contributed by atoms with Gasteiger partial charge >= 0.3 is 0 Å². The minimum atomic E-state index is -0.601. The predicted molar refractivity (Wildman–Crippen MR) is 94.0 cm³/mol. The number of methoxy groups -OCH3 is 2. The first-order valence-electron chi connectivity index (χ1n) is 7.37. The summed E-state index contributed by atoms with van der Waals surface area (Å²) in [4.78, 5) is 10.9. The van der Waals surface area contributed by atoms with Crippen molar-refractivity contribution in [1.29, 1.82) is 0 Å². The summed E-state index contributed by atoms with van der Waals surface area (Å²) < 4.78 is 17.9. The zero-order valence-corrected chi connectivity index (χ0v) is 14.9. The number of carbonyl (C=O) groups excluding carboxylic acids is 1. The first-order chi connectivity index (χ1) is 12.0. The van der Waals surface area contributed by atoms with E-state index in [0.29, 0.717) is 34.1 Å². The van der Waals surface area contributed by atoms with E-state index in [9.17, 15) is 4.79 Å². The number of primary amides is 1. The number of rotatable bonds is 8. The fourth-order valence-electron chi connectivity index (χ4n) is 2.06. The Kier molecular flexibility index (Phi) is 6.12. The monoisotopic (exact) mass is 365 g/mol. The molecule has 0 aliphatic carbocycles. The summed E-state index contributed by atoms with van der Waals surface area (Å²) in [6.07, 6.45) is 2.27. The number of nitrogens with one attached hydrogen (secondary N) is 1. The number of carbonyl (C=O) groups is 1. The van der Waals surface area contributed by atoms with Crippen LogP contribution in [0.1, 0.15) is 18.3 Å². The Morgan fingerprint density at radius 1 is 1.40 bits per heavy atom. The van der Waals surface area contributed by atoms with Gasteiger partial charge in [-0.1, -0.05) is 6.92 Å². The molecular weight excluding hydrogens is 346 g/mol. The molecule has 25 heavy (non-hydrogen) atoms. The van der Waals surface area contributed by atoms with Crippen molar-refractivity contribution in [2.24, 2.45) is 10.8 Å². The van der Waals surface area contributed by atoms with E-state index in [1.165, 1.54) is 18.9 Å². The number of hydrogen-bond donors (Lipinski definition) is 2. The molecule has 0 unspecified atom stereocenters. The fraction of sp³-hybridized carbons (Fsp3) is 0.333. The molecule has 0 bridgehead atoms. The average molecular weight is 365 g/mol. The number of nitrogens with zero attached hydrogens (tertiary/aromatic N) is 3. The molecule has 134 valence electrons. The van der Waals surface area contributed by atoms with Crippen LogP contribution in [0.25, 0.3) is 0 Å². The third-order valence-electron chi connectivity index (χ3n) is 3.20. The third-order valence-corrected chi connectivity index (χ3v) is 3.46. The lowest BCUT2D eigenvalue weighted by atomic mass is 10.2. The second kappa shape index (κ2) is 8.29. The average Bonchev–Trinajstić information content (AvgIpc) is 2.97. The lowest BCUT2D eigenvalue weighted by Gasteiger charge is -2.14. The van der Waals surface area contributed by atoms with Gasteiger partial charge in [-0.25, -0.2) is 0 Å². The molecular formula is C15H19N5O4S. The summed E-state index contributed by atoms with van der Waals surface area (Å²) >= 11 is 5.15. The first kappa shape index (κ1) is 18.5. The van der Waals surface area contributed by atoms with Gasteiger partial charge < -0.3 is 19.9 Å². The summed E-state index contributed by atoms with van der Waals surface area (Å²) in [6.45, 7) is 1.66. The van der Waals surface area contributed by atoms with Crippen LogP contribution < -0.4 is 19.9 Å². The van der Waals surface area contributed by atoms with Crippen molar-refractivity contribution in [2.75, 3.05) is 20.8 Å². The largest absolute Gasteiger partial charge is 0.493 e. The fourth-order valence-corrected chi connectivity index (χ4v) is 2.26. The molecule has 0 saturated heterocycles. The Labute approximate surface area is 149 Å². The Balaban J connectivity index is 2.38. The maximum atomic E-state index is 10.9. The van der Waals surface area contributed by atoms with Crippen molar-refractivity contribution in [3.8, 4) is 17.2 Å². The van der Waals surface area contributed by atoms with Gasteiger partial charge in [-0.3, -0.25) is 9.89 Å². The Hall–Kier alpha value is -2.88. The number of benzene rings is 1. The highest BCUT2D eigenvalue weighted by Crippen LogP contribution is 2.38. The van der Waals surface area contributed by atoms with Crippen LogP contribution in [0.5, 0.6) is 17.2 Å². The van der Waals surface area contributed by atoms with Crippen molar-refractivity contribution in [3.05, 3.63) is 28.3 Å². The number of hydrogen-bond acceptors (Lipinski definition) is 7. The summed E-state index contributed by atoms with van der Waals surface area (Å²) in [7, 11) is 2.96. The van der Waals surface area contributed by atoms with E-state index in [1.54, 1.807) is 18.3 Å². The van der Waals surface area contributed by atoms with E-state index in [2.05, 4.69) is 15.3 Å². The number of H-pyrrole nitrogens is 1. The Morgan fingerprint density at radius 3 is 2.56 bits per heavy atom. The van der Waals surface area contributed by atoms with Crippen LogP contribution >= 0.6 is 12.2 Å². The summed E-state index contributed by atoms with van der Waals surface area (Å²) in [6, 6.07) is 3.38. The highest BCUT2D eigenvalue weighted by Gasteiger charge is 2.15. The highest BCUT2D eigenvalue weighted by molar-refractivity contribution is 7.71. The standard InChI is InChI=1S/C15H19N5O4S/c1-4-13-18-19-15(25)20(13)17-7-9-5-10(22-2)14(11(6-9)23-3)24-8-12(16)21/h5-7H,4,8H2,1-3H3,(H2,16,21)(H,19,25)/b17-7-. The van der Waals surface area contributed by atoms with Gasteiger partial charge in [-0.05, 0) is 24.4 Å². The van der Waals surface area contributed by atoms with Gasteiger partial charge in [0.2, 0.25) is 10.5 Å². The molecule has 0 aliphatic heterocycles. The second-order valence-electron chi connectivity index (χ2n) is 4.86. The smallest absolute Gasteiger partial charge is 0.255 e.